The van der Waals surface area contributed by atoms with Gasteiger partial charge in [0, 0.05) is 12.3 Å². The fourth-order valence-electron chi connectivity index (χ4n) is 0.811. The molecule has 0 aromatic heterocycles. The van der Waals surface area contributed by atoms with E-state index in [-0.39, 0.29) is 6.04 Å². The second kappa shape index (κ2) is 3.88. The van der Waals surface area contributed by atoms with E-state index in [1.54, 1.807) is 20.0 Å². The van der Waals surface area contributed by atoms with Gasteiger partial charge in [-0.05, 0) is 14.0 Å². The number of likely N-dealkylation sites (N-methyl/N-ethyl adjacent to an activating group) is 1. The molecular weight excluding hydrogens is 162 g/mol. The molecule has 0 aliphatic carbocycles. The van der Waals surface area contributed by atoms with Crippen LogP contribution in [0, 0.1) is 0 Å². The fraction of sp³-hybridized carbons (Fsp3) is 0.714. The van der Waals surface area contributed by atoms with E-state index in [1.807, 2.05) is 0 Å². The molecule has 0 saturated heterocycles. The van der Waals surface area contributed by atoms with Crippen molar-refractivity contribution in [2.75, 3.05) is 13.3 Å². The summed E-state index contributed by atoms with van der Waals surface area (Å²) in [6.45, 7) is 5.20. The van der Waals surface area contributed by atoms with Crippen molar-refractivity contribution >= 4 is 9.84 Å². The summed E-state index contributed by atoms with van der Waals surface area (Å²) in [5.74, 6) is 0. The normalized spacial score (nSPS) is 17.4. The van der Waals surface area contributed by atoms with Crippen LogP contribution >= 0.6 is 0 Å². The summed E-state index contributed by atoms with van der Waals surface area (Å²) < 4.78 is 22.0. The average Bonchev–Trinajstić information content (AvgIpc) is 1.88. The third-order valence-electron chi connectivity index (χ3n) is 1.77. The minimum atomic E-state index is -2.96. The quantitative estimate of drug-likeness (QED) is 0.624. The lowest BCUT2D eigenvalue weighted by atomic mass is 10.2. The van der Waals surface area contributed by atoms with Crippen LogP contribution < -0.4 is 5.32 Å². The fourth-order valence-corrected chi connectivity index (χ4v) is 1.59. The van der Waals surface area contributed by atoms with E-state index in [9.17, 15) is 8.42 Å². The molecule has 3 nitrogen and oxygen atoms in total. The summed E-state index contributed by atoms with van der Waals surface area (Å²) in [6.07, 6.45) is 2.83. The van der Waals surface area contributed by atoms with Crippen LogP contribution in [-0.4, -0.2) is 33.0 Å². The number of hydrogen-bond acceptors (Lipinski definition) is 3. The second-order valence-electron chi connectivity index (χ2n) is 2.58. The Hall–Kier alpha value is -0.350. The molecule has 0 aromatic rings. The predicted molar refractivity (Wildman–Crippen MR) is 47.4 cm³/mol. The molecule has 66 valence electrons. The van der Waals surface area contributed by atoms with Crippen molar-refractivity contribution in [3.05, 3.63) is 12.7 Å². The summed E-state index contributed by atoms with van der Waals surface area (Å²) in [5, 5.41) is 2.45. The highest BCUT2D eigenvalue weighted by atomic mass is 32.2. The summed E-state index contributed by atoms with van der Waals surface area (Å²) in [7, 11) is -1.24. The van der Waals surface area contributed by atoms with Crippen molar-refractivity contribution in [2.45, 2.75) is 18.2 Å². The first-order valence-corrected chi connectivity index (χ1v) is 5.37. The van der Waals surface area contributed by atoms with Crippen molar-refractivity contribution in [3.8, 4) is 0 Å². The van der Waals surface area contributed by atoms with E-state index >= 15 is 0 Å². The van der Waals surface area contributed by atoms with Gasteiger partial charge < -0.3 is 5.32 Å². The van der Waals surface area contributed by atoms with Crippen molar-refractivity contribution < 1.29 is 8.42 Å². The van der Waals surface area contributed by atoms with Crippen LogP contribution in [0.2, 0.25) is 0 Å². The summed E-state index contributed by atoms with van der Waals surface area (Å²) in [5.41, 5.74) is 0. The highest BCUT2D eigenvalue weighted by Gasteiger charge is 2.21. The lowest BCUT2D eigenvalue weighted by Crippen LogP contribution is -2.38. The lowest BCUT2D eigenvalue weighted by Gasteiger charge is -2.17. The van der Waals surface area contributed by atoms with Crippen molar-refractivity contribution in [1.82, 2.24) is 5.32 Å². The van der Waals surface area contributed by atoms with Crippen LogP contribution in [-0.2, 0) is 9.84 Å². The Kier molecular flexibility index (Phi) is 3.75. The van der Waals surface area contributed by atoms with E-state index in [0.717, 1.165) is 0 Å². The largest absolute Gasteiger partial charge is 0.312 e. The van der Waals surface area contributed by atoms with Crippen LogP contribution in [0.5, 0.6) is 0 Å². The SMILES string of the molecule is C=CC(NC)C(C)S(C)(=O)=O. The predicted octanol–water partition coefficient (Wildman–Crippen LogP) is 0.194. The number of nitrogens with one attached hydrogen (secondary N) is 1. The van der Waals surface area contributed by atoms with Crippen molar-refractivity contribution in [3.63, 3.8) is 0 Å². The summed E-state index contributed by atoms with van der Waals surface area (Å²) in [6, 6.07) is -0.162. The molecule has 0 aliphatic heterocycles. The molecule has 2 unspecified atom stereocenters. The van der Waals surface area contributed by atoms with Gasteiger partial charge >= 0.3 is 0 Å². The highest BCUT2D eigenvalue weighted by molar-refractivity contribution is 7.91. The number of sulfone groups is 1. The second-order valence-corrected chi connectivity index (χ2v) is 4.99. The molecule has 0 amide bonds. The standard InChI is InChI=1S/C7H15NO2S/c1-5-7(8-3)6(2)11(4,9)10/h5-8H,1H2,2-4H3. The Balaban J connectivity index is 4.46. The Morgan fingerprint density at radius 3 is 2.09 bits per heavy atom. The van der Waals surface area contributed by atoms with Gasteiger partial charge in [0.25, 0.3) is 0 Å². The molecule has 2 atom stereocenters. The maximum atomic E-state index is 11.0. The number of rotatable bonds is 4. The maximum absolute atomic E-state index is 11.0. The molecule has 11 heavy (non-hydrogen) atoms. The van der Waals surface area contributed by atoms with Crippen LogP contribution in [0.15, 0.2) is 12.7 Å². The minimum Gasteiger partial charge on any atom is -0.312 e. The number of hydrogen-bond donors (Lipinski definition) is 1. The molecule has 0 saturated carbocycles. The molecule has 0 bridgehead atoms. The maximum Gasteiger partial charge on any atom is 0.151 e. The Morgan fingerprint density at radius 1 is 1.55 bits per heavy atom. The summed E-state index contributed by atoms with van der Waals surface area (Å²) >= 11 is 0. The molecule has 0 rings (SSSR count). The van der Waals surface area contributed by atoms with Crippen LogP contribution in [0.1, 0.15) is 6.92 Å². The topological polar surface area (TPSA) is 46.2 Å². The Morgan fingerprint density at radius 2 is 2.00 bits per heavy atom. The lowest BCUT2D eigenvalue weighted by molar-refractivity contribution is 0.564. The summed E-state index contributed by atoms with van der Waals surface area (Å²) in [4.78, 5) is 0. The van der Waals surface area contributed by atoms with Gasteiger partial charge in [0.15, 0.2) is 9.84 Å². The van der Waals surface area contributed by atoms with Gasteiger partial charge in [-0.1, -0.05) is 6.08 Å². The van der Waals surface area contributed by atoms with E-state index in [1.165, 1.54) is 6.26 Å². The monoisotopic (exact) mass is 177 g/mol. The molecule has 0 aromatic carbocycles. The van der Waals surface area contributed by atoms with E-state index in [0.29, 0.717) is 0 Å². The first kappa shape index (κ1) is 10.7. The van der Waals surface area contributed by atoms with E-state index < -0.39 is 15.1 Å². The van der Waals surface area contributed by atoms with Gasteiger partial charge in [-0.25, -0.2) is 8.42 Å². The molecule has 0 aliphatic rings. The van der Waals surface area contributed by atoms with Gasteiger partial charge in [0.2, 0.25) is 0 Å². The zero-order chi connectivity index (χ0) is 9.07. The molecule has 4 heteroatoms. The van der Waals surface area contributed by atoms with Gasteiger partial charge in [0.1, 0.15) is 0 Å². The smallest absolute Gasteiger partial charge is 0.151 e. The minimum absolute atomic E-state index is 0.162. The molecule has 0 fully saturated rings. The molecule has 0 radical (unpaired) electrons. The van der Waals surface area contributed by atoms with Gasteiger partial charge in [-0.2, -0.15) is 0 Å². The van der Waals surface area contributed by atoms with Crippen molar-refractivity contribution in [1.29, 1.82) is 0 Å². The molecule has 0 heterocycles. The van der Waals surface area contributed by atoms with Crippen molar-refractivity contribution in [2.24, 2.45) is 0 Å². The molecular formula is C7H15NO2S. The first-order valence-electron chi connectivity index (χ1n) is 3.42. The molecule has 0 spiro atoms. The van der Waals surface area contributed by atoms with Gasteiger partial charge in [-0.15, -0.1) is 6.58 Å². The first-order chi connectivity index (χ1) is 4.93. The van der Waals surface area contributed by atoms with Crippen LogP contribution in [0.25, 0.3) is 0 Å². The average molecular weight is 177 g/mol. The van der Waals surface area contributed by atoms with Crippen LogP contribution in [0.3, 0.4) is 0 Å². The zero-order valence-corrected chi connectivity index (χ0v) is 7.98. The van der Waals surface area contributed by atoms with Crippen LogP contribution in [0.4, 0.5) is 0 Å². The highest BCUT2D eigenvalue weighted by Crippen LogP contribution is 2.04. The van der Waals surface area contributed by atoms with E-state index in [4.69, 9.17) is 0 Å². The van der Waals surface area contributed by atoms with Gasteiger partial charge in [-0.3, -0.25) is 0 Å². The zero-order valence-electron chi connectivity index (χ0n) is 7.16. The van der Waals surface area contributed by atoms with Gasteiger partial charge in [0.05, 0.1) is 5.25 Å². The molecule has 1 N–H and O–H groups in total. The Labute approximate surface area is 68.4 Å². The Bertz CT molecular complexity index is 221. The third kappa shape index (κ3) is 3.03. The third-order valence-corrected chi connectivity index (χ3v) is 3.41. The van der Waals surface area contributed by atoms with E-state index in [2.05, 4.69) is 11.9 Å².